The molecule has 1 saturated carbocycles. The van der Waals surface area contributed by atoms with Crippen molar-refractivity contribution in [3.05, 3.63) is 0 Å². The summed E-state index contributed by atoms with van der Waals surface area (Å²) >= 11 is 0. The Bertz CT molecular complexity index is 565. The Morgan fingerprint density at radius 2 is 1.80 bits per heavy atom. The predicted octanol–water partition coefficient (Wildman–Crippen LogP) is 3.11. The molecule has 1 heterocycles. The van der Waals surface area contributed by atoms with Crippen molar-refractivity contribution in [3.8, 4) is 0 Å². The highest BCUT2D eigenvalue weighted by molar-refractivity contribution is 7.88. The largest absolute Gasteiger partial charge is 0.343 e. The highest BCUT2D eigenvalue weighted by atomic mass is 32.2. The fourth-order valence-corrected chi connectivity index (χ4v) is 6.46. The van der Waals surface area contributed by atoms with Gasteiger partial charge >= 0.3 is 0 Å². The smallest absolute Gasteiger partial charge is 0.222 e. The van der Waals surface area contributed by atoms with E-state index in [1.165, 1.54) is 12.7 Å². The minimum Gasteiger partial charge on any atom is -0.343 e. The number of carbonyl (C=O) groups is 1. The van der Waals surface area contributed by atoms with E-state index in [1.807, 2.05) is 11.8 Å². The number of hydrogen-bond acceptors (Lipinski definition) is 3. The molecule has 0 bridgehead atoms. The molecular weight excluding hydrogens is 336 g/mol. The molecule has 1 amide bonds. The molecule has 1 aliphatic heterocycles. The minimum absolute atomic E-state index is 0.0395. The molecular formula is C19H36N2O3S. The number of sulfonamides is 1. The molecule has 25 heavy (non-hydrogen) atoms. The zero-order chi connectivity index (χ0) is 18.8. The molecule has 0 spiro atoms. The molecule has 1 aliphatic carbocycles. The fraction of sp³-hybridized carbons (Fsp3) is 0.947. The monoisotopic (exact) mass is 372 g/mol. The minimum atomic E-state index is -3.16. The SMILES string of the molecule is CCN(C1CCN(C(=O)CC2CC(C)CC(C)(C)C2)CC1)S(C)(=O)=O. The van der Waals surface area contributed by atoms with Gasteiger partial charge in [0.15, 0.2) is 0 Å². The van der Waals surface area contributed by atoms with E-state index in [9.17, 15) is 13.2 Å². The maximum Gasteiger partial charge on any atom is 0.222 e. The summed E-state index contributed by atoms with van der Waals surface area (Å²) in [5.74, 6) is 1.45. The third-order valence-electron chi connectivity index (χ3n) is 5.90. The van der Waals surface area contributed by atoms with E-state index in [0.29, 0.717) is 43.3 Å². The van der Waals surface area contributed by atoms with E-state index in [0.717, 1.165) is 25.7 Å². The van der Waals surface area contributed by atoms with Crippen LogP contribution in [0.3, 0.4) is 0 Å². The van der Waals surface area contributed by atoms with Crippen LogP contribution in [0.2, 0.25) is 0 Å². The van der Waals surface area contributed by atoms with Gasteiger partial charge in [-0.1, -0.05) is 27.7 Å². The first-order valence-corrected chi connectivity index (χ1v) is 11.6. The molecule has 2 fully saturated rings. The van der Waals surface area contributed by atoms with Gasteiger partial charge in [0, 0.05) is 32.1 Å². The molecule has 5 nitrogen and oxygen atoms in total. The van der Waals surface area contributed by atoms with Crippen molar-refractivity contribution in [2.24, 2.45) is 17.3 Å². The van der Waals surface area contributed by atoms with Gasteiger partial charge in [0.05, 0.1) is 6.26 Å². The topological polar surface area (TPSA) is 57.7 Å². The summed E-state index contributed by atoms with van der Waals surface area (Å²) in [4.78, 5) is 14.7. The maximum atomic E-state index is 12.7. The molecule has 0 aromatic carbocycles. The Kier molecular flexibility index (Phi) is 6.58. The summed E-state index contributed by atoms with van der Waals surface area (Å²) in [6, 6.07) is 0.0395. The normalized spacial score (nSPS) is 28.3. The number of nitrogens with zero attached hydrogens (tertiary/aromatic N) is 2. The van der Waals surface area contributed by atoms with Crippen molar-refractivity contribution in [2.45, 2.75) is 72.3 Å². The summed E-state index contributed by atoms with van der Waals surface area (Å²) in [5, 5.41) is 0. The van der Waals surface area contributed by atoms with Crippen LogP contribution in [-0.2, 0) is 14.8 Å². The number of likely N-dealkylation sites (tertiary alicyclic amines) is 1. The Morgan fingerprint density at radius 3 is 2.28 bits per heavy atom. The lowest BCUT2D eigenvalue weighted by Crippen LogP contribution is -2.48. The van der Waals surface area contributed by atoms with E-state index in [2.05, 4.69) is 20.8 Å². The van der Waals surface area contributed by atoms with Gasteiger partial charge in [0.25, 0.3) is 0 Å². The zero-order valence-electron chi connectivity index (χ0n) is 16.6. The first-order chi connectivity index (χ1) is 11.5. The Balaban J connectivity index is 1.87. The van der Waals surface area contributed by atoms with Crippen LogP contribution in [-0.4, -0.2) is 55.5 Å². The van der Waals surface area contributed by atoms with Crippen molar-refractivity contribution >= 4 is 15.9 Å². The summed E-state index contributed by atoms with van der Waals surface area (Å²) in [7, 11) is -3.16. The number of amides is 1. The second-order valence-electron chi connectivity index (χ2n) is 9.06. The molecule has 0 aromatic rings. The predicted molar refractivity (Wildman–Crippen MR) is 102 cm³/mol. The fourth-order valence-electron chi connectivity index (χ4n) is 5.24. The molecule has 146 valence electrons. The van der Waals surface area contributed by atoms with Gasteiger partial charge in [-0.3, -0.25) is 4.79 Å². The van der Waals surface area contributed by atoms with Gasteiger partial charge in [0.2, 0.25) is 15.9 Å². The third kappa shape index (κ3) is 5.68. The van der Waals surface area contributed by atoms with Crippen LogP contribution in [0.5, 0.6) is 0 Å². The van der Waals surface area contributed by atoms with E-state index in [4.69, 9.17) is 0 Å². The second kappa shape index (κ2) is 7.95. The summed E-state index contributed by atoms with van der Waals surface area (Å²) in [5.41, 5.74) is 0.340. The van der Waals surface area contributed by atoms with E-state index in [1.54, 1.807) is 4.31 Å². The molecule has 0 radical (unpaired) electrons. The molecule has 2 aliphatic rings. The maximum absolute atomic E-state index is 12.7. The van der Waals surface area contributed by atoms with Crippen molar-refractivity contribution in [2.75, 3.05) is 25.9 Å². The third-order valence-corrected chi connectivity index (χ3v) is 7.31. The molecule has 0 N–H and O–H groups in total. The molecule has 2 unspecified atom stereocenters. The summed E-state index contributed by atoms with van der Waals surface area (Å²) in [6.07, 6.45) is 6.97. The van der Waals surface area contributed by atoms with Gasteiger partial charge in [0.1, 0.15) is 0 Å². The van der Waals surface area contributed by atoms with Crippen LogP contribution in [0, 0.1) is 17.3 Å². The Hall–Kier alpha value is -0.620. The molecule has 2 rings (SSSR count). The number of hydrogen-bond donors (Lipinski definition) is 0. The highest BCUT2D eigenvalue weighted by Gasteiger charge is 2.35. The summed E-state index contributed by atoms with van der Waals surface area (Å²) < 4.78 is 25.3. The van der Waals surface area contributed by atoms with Crippen LogP contribution >= 0.6 is 0 Å². The molecule has 0 aromatic heterocycles. The van der Waals surface area contributed by atoms with E-state index < -0.39 is 10.0 Å². The second-order valence-corrected chi connectivity index (χ2v) is 11.0. The average Bonchev–Trinajstić information content (AvgIpc) is 2.44. The van der Waals surface area contributed by atoms with Crippen LogP contribution < -0.4 is 0 Å². The van der Waals surface area contributed by atoms with Crippen LogP contribution in [0.15, 0.2) is 0 Å². The lowest BCUT2D eigenvalue weighted by Gasteiger charge is -2.40. The standard InChI is InChI=1S/C19H36N2O3S/c1-6-21(25(5,23)24)17-7-9-20(10-8-17)18(22)12-16-11-15(2)13-19(3,4)14-16/h15-17H,6-14H2,1-5H3. The molecule has 1 saturated heterocycles. The van der Waals surface area contributed by atoms with Gasteiger partial charge in [-0.05, 0) is 49.4 Å². The zero-order valence-corrected chi connectivity index (χ0v) is 17.4. The lowest BCUT2D eigenvalue weighted by atomic mass is 9.67. The quantitative estimate of drug-likeness (QED) is 0.745. The van der Waals surface area contributed by atoms with Gasteiger partial charge in [-0.15, -0.1) is 0 Å². The van der Waals surface area contributed by atoms with Crippen LogP contribution in [0.1, 0.15) is 66.2 Å². The first-order valence-electron chi connectivity index (χ1n) is 9.76. The van der Waals surface area contributed by atoms with Crippen molar-refractivity contribution in [3.63, 3.8) is 0 Å². The van der Waals surface area contributed by atoms with Crippen LogP contribution in [0.25, 0.3) is 0 Å². The van der Waals surface area contributed by atoms with Crippen molar-refractivity contribution in [1.82, 2.24) is 9.21 Å². The van der Waals surface area contributed by atoms with Gasteiger partial charge in [-0.25, -0.2) is 8.42 Å². The molecule has 2 atom stereocenters. The number of carbonyl (C=O) groups excluding carboxylic acids is 1. The summed E-state index contributed by atoms with van der Waals surface area (Å²) in [6.45, 7) is 10.7. The van der Waals surface area contributed by atoms with Gasteiger partial charge < -0.3 is 4.90 Å². The van der Waals surface area contributed by atoms with Crippen LogP contribution in [0.4, 0.5) is 0 Å². The van der Waals surface area contributed by atoms with Gasteiger partial charge in [-0.2, -0.15) is 4.31 Å². The Labute approximate surface area is 154 Å². The lowest BCUT2D eigenvalue weighted by molar-refractivity contribution is -0.134. The average molecular weight is 373 g/mol. The van der Waals surface area contributed by atoms with E-state index >= 15 is 0 Å². The molecule has 6 heteroatoms. The highest BCUT2D eigenvalue weighted by Crippen LogP contribution is 2.43. The van der Waals surface area contributed by atoms with E-state index in [-0.39, 0.29) is 11.9 Å². The number of piperidine rings is 1. The first kappa shape index (κ1) is 20.7. The van der Waals surface area contributed by atoms with Crippen molar-refractivity contribution < 1.29 is 13.2 Å². The van der Waals surface area contributed by atoms with Crippen molar-refractivity contribution in [1.29, 1.82) is 0 Å². The Morgan fingerprint density at radius 1 is 1.20 bits per heavy atom. The number of rotatable bonds is 5.